The van der Waals surface area contributed by atoms with Crippen LogP contribution in [-0.2, 0) is 4.79 Å². The lowest BCUT2D eigenvalue weighted by Gasteiger charge is -2.34. The third-order valence-electron chi connectivity index (χ3n) is 4.22. The van der Waals surface area contributed by atoms with Gasteiger partial charge in [-0.1, -0.05) is 29.3 Å². The molecule has 2 amide bonds. The van der Waals surface area contributed by atoms with Gasteiger partial charge in [0.05, 0.1) is 15.7 Å². The van der Waals surface area contributed by atoms with E-state index >= 15 is 0 Å². The first-order valence-electron chi connectivity index (χ1n) is 8.17. The molecule has 1 aromatic carbocycles. The molecule has 3 rings (SSSR count). The molecule has 0 saturated carbocycles. The molecule has 0 spiro atoms. The summed E-state index contributed by atoms with van der Waals surface area (Å²) < 4.78 is 0. The fraction of sp³-hybridized carbons (Fsp3) is 0.278. The summed E-state index contributed by atoms with van der Waals surface area (Å²) in [5.41, 5.74) is 1.68. The van der Waals surface area contributed by atoms with Gasteiger partial charge in [0.2, 0.25) is 5.91 Å². The van der Waals surface area contributed by atoms with Crippen LogP contribution in [0.3, 0.4) is 0 Å². The second kappa shape index (κ2) is 7.93. The van der Waals surface area contributed by atoms with Gasteiger partial charge in [0, 0.05) is 45.0 Å². The van der Waals surface area contributed by atoms with Crippen molar-refractivity contribution in [2.24, 2.45) is 0 Å². The highest BCUT2D eigenvalue weighted by molar-refractivity contribution is 6.43. The highest BCUT2D eigenvalue weighted by Gasteiger charge is 2.24. The van der Waals surface area contributed by atoms with E-state index < -0.39 is 0 Å². The maximum absolute atomic E-state index is 12.7. The van der Waals surface area contributed by atoms with Crippen molar-refractivity contribution in [3.05, 3.63) is 52.3 Å². The Labute approximate surface area is 161 Å². The van der Waals surface area contributed by atoms with E-state index in [0.29, 0.717) is 53.3 Å². The average Bonchev–Trinajstić information content (AvgIpc) is 2.65. The Kier molecular flexibility index (Phi) is 5.64. The Morgan fingerprint density at radius 3 is 2.46 bits per heavy atom. The van der Waals surface area contributed by atoms with Gasteiger partial charge in [-0.05, 0) is 24.3 Å². The molecular formula is C18H18Cl2N4O2. The highest BCUT2D eigenvalue weighted by atomic mass is 35.5. The third kappa shape index (κ3) is 4.08. The second-order valence-electron chi connectivity index (χ2n) is 5.95. The smallest absolute Gasteiger partial charge is 0.272 e. The number of carbonyl (C=O) groups is 2. The van der Waals surface area contributed by atoms with Gasteiger partial charge in [0.25, 0.3) is 5.91 Å². The van der Waals surface area contributed by atoms with E-state index in [1.807, 2.05) is 0 Å². The number of amides is 2. The summed E-state index contributed by atoms with van der Waals surface area (Å²) in [4.78, 5) is 31.7. The molecule has 2 aromatic rings. The van der Waals surface area contributed by atoms with Crippen LogP contribution in [0.15, 0.2) is 36.5 Å². The summed E-state index contributed by atoms with van der Waals surface area (Å²) in [6.07, 6.45) is 1.57. The Morgan fingerprint density at radius 1 is 1.08 bits per heavy atom. The van der Waals surface area contributed by atoms with E-state index in [2.05, 4.69) is 10.3 Å². The summed E-state index contributed by atoms with van der Waals surface area (Å²) in [5.74, 6) is -0.131. The predicted octanol–water partition coefficient (Wildman–Crippen LogP) is 3.44. The number of hydrogen-bond donors (Lipinski definition) is 1. The lowest BCUT2D eigenvalue weighted by atomic mass is 10.2. The summed E-state index contributed by atoms with van der Waals surface area (Å²) in [7, 11) is 0. The van der Waals surface area contributed by atoms with Gasteiger partial charge in [-0.25, -0.2) is 0 Å². The SMILES string of the molecule is CC(=O)N1CCN(C(=O)c2cc(Nc3cccc(Cl)c3Cl)ccn2)CC1. The molecule has 1 saturated heterocycles. The Morgan fingerprint density at radius 2 is 1.77 bits per heavy atom. The van der Waals surface area contributed by atoms with Crippen LogP contribution in [-0.4, -0.2) is 52.8 Å². The van der Waals surface area contributed by atoms with E-state index in [-0.39, 0.29) is 11.8 Å². The first-order valence-corrected chi connectivity index (χ1v) is 8.93. The van der Waals surface area contributed by atoms with Crippen LogP contribution < -0.4 is 5.32 Å². The van der Waals surface area contributed by atoms with Crippen molar-refractivity contribution in [1.82, 2.24) is 14.8 Å². The fourth-order valence-corrected chi connectivity index (χ4v) is 3.12. The molecule has 6 nitrogen and oxygen atoms in total. The monoisotopic (exact) mass is 392 g/mol. The molecule has 0 radical (unpaired) electrons. The van der Waals surface area contributed by atoms with Crippen molar-refractivity contribution in [3.63, 3.8) is 0 Å². The minimum atomic E-state index is -0.158. The van der Waals surface area contributed by atoms with Gasteiger partial charge >= 0.3 is 0 Å². The molecular weight excluding hydrogens is 375 g/mol. The molecule has 1 aliphatic heterocycles. The molecule has 8 heteroatoms. The summed E-state index contributed by atoms with van der Waals surface area (Å²) in [6, 6.07) is 8.73. The number of carbonyl (C=O) groups excluding carboxylic acids is 2. The topological polar surface area (TPSA) is 65.5 Å². The average molecular weight is 393 g/mol. The third-order valence-corrected chi connectivity index (χ3v) is 5.04. The number of pyridine rings is 1. The van der Waals surface area contributed by atoms with Crippen molar-refractivity contribution in [2.45, 2.75) is 6.92 Å². The van der Waals surface area contributed by atoms with Gasteiger partial charge in [0.15, 0.2) is 0 Å². The zero-order chi connectivity index (χ0) is 18.7. The van der Waals surface area contributed by atoms with E-state index in [1.165, 1.54) is 6.92 Å². The summed E-state index contributed by atoms with van der Waals surface area (Å²) in [6.45, 7) is 3.61. The molecule has 0 bridgehead atoms. The fourth-order valence-electron chi connectivity index (χ4n) is 2.77. The van der Waals surface area contributed by atoms with Crippen molar-refractivity contribution in [2.75, 3.05) is 31.5 Å². The van der Waals surface area contributed by atoms with Crippen LogP contribution in [0.5, 0.6) is 0 Å². The standard InChI is InChI=1S/C18H18Cl2N4O2/c1-12(25)23-7-9-24(10-8-23)18(26)16-11-13(5-6-21-16)22-15-4-2-3-14(19)17(15)20/h2-6,11H,7-10H2,1H3,(H,21,22). The van der Waals surface area contributed by atoms with Gasteiger partial charge < -0.3 is 15.1 Å². The van der Waals surface area contributed by atoms with Gasteiger partial charge in [-0.2, -0.15) is 0 Å². The lowest BCUT2D eigenvalue weighted by Crippen LogP contribution is -2.50. The molecule has 136 valence electrons. The number of halogens is 2. The largest absolute Gasteiger partial charge is 0.354 e. The molecule has 1 fully saturated rings. The van der Waals surface area contributed by atoms with Crippen LogP contribution in [0.1, 0.15) is 17.4 Å². The zero-order valence-corrected chi connectivity index (χ0v) is 15.7. The van der Waals surface area contributed by atoms with Crippen LogP contribution in [0.2, 0.25) is 10.0 Å². The molecule has 0 aliphatic carbocycles. The van der Waals surface area contributed by atoms with E-state index in [1.54, 1.807) is 46.3 Å². The predicted molar refractivity (Wildman–Crippen MR) is 102 cm³/mol. The Balaban J connectivity index is 1.72. The first kappa shape index (κ1) is 18.5. The second-order valence-corrected chi connectivity index (χ2v) is 6.74. The number of benzene rings is 1. The maximum Gasteiger partial charge on any atom is 0.272 e. The summed E-state index contributed by atoms with van der Waals surface area (Å²) in [5, 5.41) is 4.02. The quantitative estimate of drug-likeness (QED) is 0.868. The maximum atomic E-state index is 12.7. The molecule has 1 aromatic heterocycles. The molecule has 0 atom stereocenters. The lowest BCUT2D eigenvalue weighted by molar-refractivity contribution is -0.130. The van der Waals surface area contributed by atoms with Gasteiger partial charge in [-0.15, -0.1) is 0 Å². The van der Waals surface area contributed by atoms with Crippen molar-refractivity contribution in [1.29, 1.82) is 0 Å². The number of anilines is 2. The van der Waals surface area contributed by atoms with E-state index in [4.69, 9.17) is 23.2 Å². The minimum Gasteiger partial charge on any atom is -0.354 e. The Bertz CT molecular complexity index is 836. The molecule has 26 heavy (non-hydrogen) atoms. The first-order chi connectivity index (χ1) is 12.5. The van der Waals surface area contributed by atoms with E-state index in [9.17, 15) is 9.59 Å². The normalized spacial score (nSPS) is 14.3. The van der Waals surface area contributed by atoms with Crippen molar-refractivity contribution in [3.8, 4) is 0 Å². The van der Waals surface area contributed by atoms with E-state index in [0.717, 1.165) is 0 Å². The molecule has 0 unspecified atom stereocenters. The minimum absolute atomic E-state index is 0.0276. The number of nitrogens with zero attached hydrogens (tertiary/aromatic N) is 3. The number of rotatable bonds is 3. The van der Waals surface area contributed by atoms with Crippen LogP contribution in [0, 0.1) is 0 Å². The number of hydrogen-bond acceptors (Lipinski definition) is 4. The Hall–Kier alpha value is -2.31. The van der Waals surface area contributed by atoms with Gasteiger partial charge in [0.1, 0.15) is 5.69 Å². The van der Waals surface area contributed by atoms with Crippen molar-refractivity contribution >= 4 is 46.4 Å². The summed E-state index contributed by atoms with van der Waals surface area (Å²) >= 11 is 12.2. The zero-order valence-electron chi connectivity index (χ0n) is 14.2. The van der Waals surface area contributed by atoms with Crippen LogP contribution in [0.25, 0.3) is 0 Å². The van der Waals surface area contributed by atoms with Gasteiger partial charge in [-0.3, -0.25) is 14.6 Å². The molecule has 1 aliphatic rings. The number of piperazine rings is 1. The molecule has 1 N–H and O–H groups in total. The highest BCUT2D eigenvalue weighted by Crippen LogP contribution is 2.31. The number of nitrogens with one attached hydrogen (secondary N) is 1. The van der Waals surface area contributed by atoms with Crippen LogP contribution >= 0.6 is 23.2 Å². The number of aromatic nitrogens is 1. The molecule has 2 heterocycles. The van der Waals surface area contributed by atoms with Crippen LogP contribution in [0.4, 0.5) is 11.4 Å². The van der Waals surface area contributed by atoms with Crippen molar-refractivity contribution < 1.29 is 9.59 Å².